The molecule has 1 aliphatic carbocycles. The Kier molecular flexibility index (Phi) is 3.48. The molecule has 0 fully saturated rings. The van der Waals surface area contributed by atoms with Crippen LogP contribution in [0.25, 0.3) is 0 Å². The number of anilines is 2. The van der Waals surface area contributed by atoms with Crippen molar-refractivity contribution < 1.29 is 9.18 Å². The van der Waals surface area contributed by atoms with E-state index >= 15 is 0 Å². The largest absolute Gasteiger partial charge is 0.378 e. The normalized spacial score (nSPS) is 16.3. The molecule has 1 aliphatic rings. The van der Waals surface area contributed by atoms with Gasteiger partial charge < -0.3 is 16.4 Å². The average Bonchev–Trinajstić information content (AvgIpc) is 2.83. The van der Waals surface area contributed by atoms with E-state index in [9.17, 15) is 9.18 Å². The first-order chi connectivity index (χ1) is 10.1. The topological polar surface area (TPSA) is 67.2 Å². The van der Waals surface area contributed by atoms with Crippen LogP contribution >= 0.6 is 0 Å². The Hall–Kier alpha value is -2.56. The summed E-state index contributed by atoms with van der Waals surface area (Å²) in [5, 5.41) is 5.95. The second-order valence-electron chi connectivity index (χ2n) is 5.15. The van der Waals surface area contributed by atoms with Crippen molar-refractivity contribution in [2.45, 2.75) is 18.9 Å². The number of carbonyl (C=O) groups is 1. The van der Waals surface area contributed by atoms with Gasteiger partial charge in [-0.25, -0.2) is 9.18 Å². The number of primary amides is 1. The van der Waals surface area contributed by atoms with Crippen molar-refractivity contribution in [3.05, 3.63) is 59.4 Å². The zero-order valence-electron chi connectivity index (χ0n) is 11.4. The maximum absolute atomic E-state index is 13.2. The van der Waals surface area contributed by atoms with E-state index in [1.807, 2.05) is 18.2 Å². The molecule has 108 valence electrons. The average molecular weight is 285 g/mol. The molecule has 0 saturated heterocycles. The van der Waals surface area contributed by atoms with Crippen molar-refractivity contribution in [3.63, 3.8) is 0 Å². The Balaban J connectivity index is 1.72. The summed E-state index contributed by atoms with van der Waals surface area (Å²) in [6.07, 6.45) is 1.83. The number of aryl methyl sites for hydroxylation is 1. The fourth-order valence-corrected chi connectivity index (χ4v) is 2.73. The fourth-order valence-electron chi connectivity index (χ4n) is 2.73. The third-order valence-corrected chi connectivity index (χ3v) is 3.68. The van der Waals surface area contributed by atoms with E-state index in [1.165, 1.54) is 6.07 Å². The lowest BCUT2D eigenvalue weighted by atomic mass is 10.1. The molecular formula is C16H16FN3O. The van der Waals surface area contributed by atoms with Crippen molar-refractivity contribution in [1.82, 2.24) is 0 Å². The smallest absolute Gasteiger partial charge is 0.316 e. The first-order valence-electron chi connectivity index (χ1n) is 6.83. The highest BCUT2D eigenvalue weighted by molar-refractivity contribution is 5.87. The first-order valence-corrected chi connectivity index (χ1v) is 6.83. The molecule has 4 nitrogen and oxygen atoms in total. The minimum atomic E-state index is -0.581. The quantitative estimate of drug-likeness (QED) is 0.809. The van der Waals surface area contributed by atoms with Crippen molar-refractivity contribution in [2.24, 2.45) is 5.73 Å². The molecule has 0 spiro atoms. The lowest BCUT2D eigenvalue weighted by molar-refractivity contribution is 0.259. The van der Waals surface area contributed by atoms with Gasteiger partial charge in [0.05, 0.1) is 6.04 Å². The van der Waals surface area contributed by atoms with Gasteiger partial charge in [-0.2, -0.15) is 0 Å². The number of nitrogens with two attached hydrogens (primary N) is 1. The van der Waals surface area contributed by atoms with E-state index in [0.717, 1.165) is 29.7 Å². The van der Waals surface area contributed by atoms with Crippen LogP contribution in [-0.2, 0) is 6.42 Å². The second kappa shape index (κ2) is 5.44. The van der Waals surface area contributed by atoms with E-state index in [-0.39, 0.29) is 11.9 Å². The van der Waals surface area contributed by atoms with Crippen molar-refractivity contribution in [3.8, 4) is 0 Å². The number of carbonyl (C=O) groups excluding carboxylic acids is 1. The van der Waals surface area contributed by atoms with Crippen LogP contribution in [0, 0.1) is 5.82 Å². The zero-order chi connectivity index (χ0) is 14.8. The van der Waals surface area contributed by atoms with Gasteiger partial charge in [0.25, 0.3) is 0 Å². The third-order valence-electron chi connectivity index (χ3n) is 3.68. The number of amides is 2. The number of hydrogen-bond donors (Lipinski definition) is 3. The van der Waals surface area contributed by atoms with E-state index < -0.39 is 6.03 Å². The summed E-state index contributed by atoms with van der Waals surface area (Å²) in [4.78, 5) is 10.8. The number of halogens is 1. The molecule has 4 N–H and O–H groups in total. The third kappa shape index (κ3) is 2.97. The Morgan fingerprint density at radius 3 is 2.57 bits per heavy atom. The Morgan fingerprint density at radius 2 is 1.86 bits per heavy atom. The van der Waals surface area contributed by atoms with Crippen molar-refractivity contribution >= 4 is 17.4 Å². The maximum atomic E-state index is 13.2. The SMILES string of the molecule is NC(=O)Nc1ccc(NC2CCc3cc(F)ccc32)cc1. The van der Waals surface area contributed by atoms with Crippen LogP contribution in [-0.4, -0.2) is 6.03 Å². The summed E-state index contributed by atoms with van der Waals surface area (Å²) in [5.41, 5.74) is 8.89. The molecule has 0 bridgehead atoms. The predicted octanol–water partition coefficient (Wildman–Crippen LogP) is 3.42. The van der Waals surface area contributed by atoms with Gasteiger partial charge in [0.1, 0.15) is 5.82 Å². The summed E-state index contributed by atoms with van der Waals surface area (Å²) < 4.78 is 13.2. The number of urea groups is 1. The van der Waals surface area contributed by atoms with Gasteiger partial charge in [-0.05, 0) is 60.4 Å². The van der Waals surface area contributed by atoms with Crippen molar-refractivity contribution in [1.29, 1.82) is 0 Å². The van der Waals surface area contributed by atoms with Crippen LogP contribution in [0.2, 0.25) is 0 Å². The first kappa shape index (κ1) is 13.4. The number of benzene rings is 2. The molecule has 2 aromatic carbocycles. The maximum Gasteiger partial charge on any atom is 0.316 e. The lowest BCUT2D eigenvalue weighted by Gasteiger charge is -2.16. The van der Waals surface area contributed by atoms with Crippen LogP contribution < -0.4 is 16.4 Å². The number of hydrogen-bond acceptors (Lipinski definition) is 2. The molecule has 3 rings (SSSR count). The minimum Gasteiger partial charge on any atom is -0.378 e. The summed E-state index contributed by atoms with van der Waals surface area (Å²) in [5.74, 6) is -0.184. The highest BCUT2D eigenvalue weighted by Crippen LogP contribution is 2.34. The standard InChI is InChI=1S/C16H16FN3O/c17-11-2-7-14-10(9-11)1-8-15(14)19-12-3-5-13(6-4-12)20-16(18)21/h2-7,9,15,19H,1,8H2,(H3,18,20,21). The number of fused-ring (bicyclic) bond motifs is 1. The molecule has 0 aromatic heterocycles. The van der Waals surface area contributed by atoms with Crippen LogP contribution in [0.15, 0.2) is 42.5 Å². The van der Waals surface area contributed by atoms with Crippen LogP contribution in [0.5, 0.6) is 0 Å². The molecule has 0 aliphatic heterocycles. The minimum absolute atomic E-state index is 0.184. The predicted molar refractivity (Wildman–Crippen MR) is 80.7 cm³/mol. The van der Waals surface area contributed by atoms with E-state index in [1.54, 1.807) is 18.2 Å². The summed E-state index contributed by atoms with van der Waals surface area (Å²) in [7, 11) is 0. The molecule has 1 unspecified atom stereocenters. The van der Waals surface area contributed by atoms with Gasteiger partial charge in [-0.3, -0.25) is 0 Å². The van der Waals surface area contributed by atoms with E-state index in [2.05, 4.69) is 10.6 Å². The molecule has 0 radical (unpaired) electrons. The molecule has 1 atom stereocenters. The van der Waals surface area contributed by atoms with Gasteiger partial charge >= 0.3 is 6.03 Å². The molecule has 21 heavy (non-hydrogen) atoms. The summed E-state index contributed by atoms with van der Waals surface area (Å²) in [6, 6.07) is 11.9. The molecule has 0 saturated carbocycles. The van der Waals surface area contributed by atoms with Crippen LogP contribution in [0.4, 0.5) is 20.6 Å². The molecular weight excluding hydrogens is 269 g/mol. The summed E-state index contributed by atoms with van der Waals surface area (Å²) >= 11 is 0. The Morgan fingerprint density at radius 1 is 1.14 bits per heavy atom. The Labute approximate surface area is 122 Å². The van der Waals surface area contributed by atoms with Crippen molar-refractivity contribution in [2.75, 3.05) is 10.6 Å². The molecule has 5 heteroatoms. The van der Waals surface area contributed by atoms with Gasteiger partial charge in [0, 0.05) is 11.4 Å². The lowest BCUT2D eigenvalue weighted by Crippen LogP contribution is -2.19. The van der Waals surface area contributed by atoms with Gasteiger partial charge in [0.2, 0.25) is 0 Å². The zero-order valence-corrected chi connectivity index (χ0v) is 11.4. The second-order valence-corrected chi connectivity index (χ2v) is 5.15. The van der Waals surface area contributed by atoms with Gasteiger partial charge in [-0.15, -0.1) is 0 Å². The Bertz CT molecular complexity index is 670. The van der Waals surface area contributed by atoms with Gasteiger partial charge in [-0.1, -0.05) is 6.07 Å². The molecule has 2 amide bonds. The van der Waals surface area contributed by atoms with Gasteiger partial charge in [0.15, 0.2) is 0 Å². The fraction of sp³-hybridized carbons (Fsp3) is 0.188. The highest BCUT2D eigenvalue weighted by Gasteiger charge is 2.22. The summed E-state index contributed by atoms with van der Waals surface area (Å²) in [6.45, 7) is 0. The van der Waals surface area contributed by atoms with E-state index in [0.29, 0.717) is 5.69 Å². The number of rotatable bonds is 3. The highest BCUT2D eigenvalue weighted by atomic mass is 19.1. The van der Waals surface area contributed by atoms with E-state index in [4.69, 9.17) is 5.73 Å². The van der Waals surface area contributed by atoms with Crippen LogP contribution in [0.3, 0.4) is 0 Å². The molecule has 2 aromatic rings. The molecule has 0 heterocycles. The number of nitrogens with one attached hydrogen (secondary N) is 2. The monoisotopic (exact) mass is 285 g/mol. The van der Waals surface area contributed by atoms with Crippen LogP contribution in [0.1, 0.15) is 23.6 Å².